The van der Waals surface area contributed by atoms with E-state index in [2.05, 4.69) is 15.8 Å². The molecule has 23 heavy (non-hydrogen) atoms. The normalized spacial score (nSPS) is 10.3. The van der Waals surface area contributed by atoms with Crippen molar-refractivity contribution in [3.05, 3.63) is 65.1 Å². The van der Waals surface area contributed by atoms with Gasteiger partial charge in [-0.3, -0.25) is 20.4 Å². The molecule has 0 saturated heterocycles. The number of hydrogen-bond acceptors (Lipinski definition) is 5. The minimum absolute atomic E-state index is 0.248. The lowest BCUT2D eigenvalue weighted by Gasteiger charge is -2.04. The molecule has 0 aliphatic rings. The van der Waals surface area contributed by atoms with Crippen molar-refractivity contribution in [2.24, 2.45) is 0 Å². The number of nitrogens with one attached hydrogen (secondary N) is 2. The van der Waals surface area contributed by atoms with Crippen LogP contribution in [-0.2, 0) is 0 Å². The summed E-state index contributed by atoms with van der Waals surface area (Å²) < 4.78 is 5.05. The molecule has 116 valence electrons. The predicted octanol–water partition coefficient (Wildman–Crippen LogP) is 2.79. The SMILES string of the molecule is Cc1occc1C(=O)NNC(=O)c1csc(-c2ccccc2)n1. The van der Waals surface area contributed by atoms with Crippen molar-refractivity contribution in [3.8, 4) is 10.6 Å². The number of aryl methyl sites for hydroxylation is 1. The van der Waals surface area contributed by atoms with Crippen LogP contribution in [0.1, 0.15) is 26.6 Å². The van der Waals surface area contributed by atoms with Crippen molar-refractivity contribution in [1.82, 2.24) is 15.8 Å². The van der Waals surface area contributed by atoms with E-state index >= 15 is 0 Å². The van der Waals surface area contributed by atoms with Gasteiger partial charge < -0.3 is 4.42 Å². The van der Waals surface area contributed by atoms with Crippen molar-refractivity contribution >= 4 is 23.2 Å². The van der Waals surface area contributed by atoms with Crippen molar-refractivity contribution < 1.29 is 14.0 Å². The van der Waals surface area contributed by atoms with E-state index in [9.17, 15) is 9.59 Å². The maximum atomic E-state index is 12.0. The smallest absolute Gasteiger partial charge is 0.289 e. The van der Waals surface area contributed by atoms with E-state index < -0.39 is 11.8 Å². The summed E-state index contributed by atoms with van der Waals surface area (Å²) in [5.74, 6) is -0.433. The molecule has 0 atom stereocenters. The van der Waals surface area contributed by atoms with Gasteiger partial charge in [0.25, 0.3) is 11.8 Å². The summed E-state index contributed by atoms with van der Waals surface area (Å²) in [7, 11) is 0. The Morgan fingerprint density at radius 1 is 1.09 bits per heavy atom. The average Bonchev–Trinajstić information content (AvgIpc) is 3.22. The Hall–Kier alpha value is -2.93. The number of furan rings is 1. The van der Waals surface area contributed by atoms with E-state index in [0.29, 0.717) is 11.3 Å². The lowest BCUT2D eigenvalue weighted by Crippen LogP contribution is -2.41. The molecule has 2 heterocycles. The molecule has 2 aromatic heterocycles. The van der Waals surface area contributed by atoms with Gasteiger partial charge in [-0.15, -0.1) is 11.3 Å². The van der Waals surface area contributed by atoms with Gasteiger partial charge in [0.2, 0.25) is 0 Å². The standard InChI is InChI=1S/C16H13N3O3S/c1-10-12(7-8-22-10)14(20)18-19-15(21)13-9-23-16(17-13)11-5-3-2-4-6-11/h2-9H,1H3,(H,18,20)(H,19,21). The molecule has 0 fully saturated rings. The number of aromatic nitrogens is 1. The lowest BCUT2D eigenvalue weighted by molar-refractivity contribution is 0.0843. The van der Waals surface area contributed by atoms with Crippen LogP contribution in [0, 0.1) is 6.92 Å². The first kappa shape index (κ1) is 15.0. The zero-order valence-corrected chi connectivity index (χ0v) is 13.0. The fourth-order valence-electron chi connectivity index (χ4n) is 1.96. The fraction of sp³-hybridized carbons (Fsp3) is 0.0625. The first-order chi connectivity index (χ1) is 11.1. The molecule has 2 N–H and O–H groups in total. The minimum atomic E-state index is -0.474. The van der Waals surface area contributed by atoms with Crippen LogP contribution in [0.3, 0.4) is 0 Å². The van der Waals surface area contributed by atoms with E-state index in [0.717, 1.165) is 10.6 Å². The van der Waals surface area contributed by atoms with Crippen molar-refractivity contribution in [2.75, 3.05) is 0 Å². The number of hydrazine groups is 1. The maximum absolute atomic E-state index is 12.0. The summed E-state index contributed by atoms with van der Waals surface area (Å²) in [4.78, 5) is 28.2. The first-order valence-electron chi connectivity index (χ1n) is 6.81. The Kier molecular flexibility index (Phi) is 4.20. The number of hydrogen-bond donors (Lipinski definition) is 2. The molecule has 0 spiro atoms. The third kappa shape index (κ3) is 3.29. The Morgan fingerprint density at radius 2 is 1.83 bits per heavy atom. The fourth-order valence-corrected chi connectivity index (χ4v) is 2.76. The van der Waals surface area contributed by atoms with Crippen LogP contribution in [-0.4, -0.2) is 16.8 Å². The molecular weight excluding hydrogens is 314 g/mol. The van der Waals surface area contributed by atoms with Gasteiger partial charge in [0, 0.05) is 10.9 Å². The minimum Gasteiger partial charge on any atom is -0.469 e. The average molecular weight is 327 g/mol. The van der Waals surface area contributed by atoms with Gasteiger partial charge in [-0.1, -0.05) is 30.3 Å². The predicted molar refractivity (Wildman–Crippen MR) is 85.9 cm³/mol. The summed E-state index contributed by atoms with van der Waals surface area (Å²) in [6, 6.07) is 11.1. The largest absolute Gasteiger partial charge is 0.469 e. The Balaban J connectivity index is 1.64. The zero-order valence-electron chi connectivity index (χ0n) is 12.2. The molecule has 0 aliphatic carbocycles. The molecule has 2 amide bonds. The molecule has 0 aliphatic heterocycles. The highest BCUT2D eigenvalue weighted by Crippen LogP contribution is 2.23. The Morgan fingerprint density at radius 3 is 2.52 bits per heavy atom. The van der Waals surface area contributed by atoms with Gasteiger partial charge in [-0.25, -0.2) is 4.98 Å². The number of rotatable bonds is 3. The van der Waals surface area contributed by atoms with E-state index in [1.807, 2.05) is 30.3 Å². The molecule has 0 radical (unpaired) electrons. The highest BCUT2D eigenvalue weighted by molar-refractivity contribution is 7.13. The maximum Gasteiger partial charge on any atom is 0.289 e. The van der Waals surface area contributed by atoms with E-state index in [-0.39, 0.29) is 5.69 Å². The molecule has 6 nitrogen and oxygen atoms in total. The summed E-state index contributed by atoms with van der Waals surface area (Å²) in [5.41, 5.74) is 6.24. The van der Waals surface area contributed by atoms with Gasteiger partial charge in [0.1, 0.15) is 16.5 Å². The first-order valence-corrected chi connectivity index (χ1v) is 7.69. The summed E-state index contributed by atoms with van der Waals surface area (Å²) in [5, 5.41) is 2.39. The van der Waals surface area contributed by atoms with E-state index in [1.54, 1.807) is 12.3 Å². The number of thiazole rings is 1. The van der Waals surface area contributed by atoms with E-state index in [1.165, 1.54) is 23.7 Å². The van der Waals surface area contributed by atoms with Gasteiger partial charge in [0.15, 0.2) is 0 Å². The third-order valence-electron chi connectivity index (χ3n) is 3.15. The van der Waals surface area contributed by atoms with Crippen molar-refractivity contribution in [3.63, 3.8) is 0 Å². The summed E-state index contributed by atoms with van der Waals surface area (Å²) in [6.07, 6.45) is 1.42. The number of carbonyl (C=O) groups is 2. The molecular formula is C16H13N3O3S. The van der Waals surface area contributed by atoms with Crippen LogP contribution < -0.4 is 10.9 Å². The Bertz CT molecular complexity index is 839. The number of nitrogens with zero attached hydrogens (tertiary/aromatic N) is 1. The highest BCUT2D eigenvalue weighted by atomic mass is 32.1. The topological polar surface area (TPSA) is 84.2 Å². The second kappa shape index (κ2) is 6.45. The number of carbonyl (C=O) groups excluding carboxylic acids is 2. The van der Waals surface area contributed by atoms with Crippen LogP contribution in [0.4, 0.5) is 0 Å². The van der Waals surface area contributed by atoms with E-state index in [4.69, 9.17) is 4.42 Å². The quantitative estimate of drug-likeness (QED) is 0.725. The number of amides is 2. The molecule has 1 aromatic carbocycles. The van der Waals surface area contributed by atoms with Crippen molar-refractivity contribution in [1.29, 1.82) is 0 Å². The second-order valence-corrected chi connectivity index (χ2v) is 5.56. The van der Waals surface area contributed by atoms with Crippen LogP contribution in [0.5, 0.6) is 0 Å². The lowest BCUT2D eigenvalue weighted by atomic mass is 10.2. The third-order valence-corrected chi connectivity index (χ3v) is 4.04. The summed E-state index contributed by atoms with van der Waals surface area (Å²) >= 11 is 1.37. The molecule has 0 saturated carbocycles. The monoisotopic (exact) mass is 327 g/mol. The molecule has 0 unspecified atom stereocenters. The summed E-state index contributed by atoms with van der Waals surface area (Å²) in [6.45, 7) is 1.67. The second-order valence-electron chi connectivity index (χ2n) is 4.70. The van der Waals surface area contributed by atoms with Crippen LogP contribution >= 0.6 is 11.3 Å². The van der Waals surface area contributed by atoms with Crippen LogP contribution in [0.2, 0.25) is 0 Å². The van der Waals surface area contributed by atoms with Crippen LogP contribution in [0.25, 0.3) is 10.6 Å². The molecule has 7 heteroatoms. The van der Waals surface area contributed by atoms with Crippen molar-refractivity contribution in [2.45, 2.75) is 6.92 Å². The zero-order chi connectivity index (χ0) is 16.2. The molecule has 3 aromatic rings. The number of benzene rings is 1. The highest BCUT2D eigenvalue weighted by Gasteiger charge is 2.15. The molecule has 0 bridgehead atoms. The van der Waals surface area contributed by atoms with Gasteiger partial charge in [0.05, 0.1) is 11.8 Å². The van der Waals surface area contributed by atoms with Gasteiger partial charge in [-0.2, -0.15) is 0 Å². The van der Waals surface area contributed by atoms with Crippen LogP contribution in [0.15, 0.2) is 52.5 Å². The van der Waals surface area contributed by atoms with Gasteiger partial charge in [-0.05, 0) is 13.0 Å². The van der Waals surface area contributed by atoms with Gasteiger partial charge >= 0.3 is 0 Å². The molecule has 3 rings (SSSR count). The Labute approximate surface area is 136 Å².